The lowest BCUT2D eigenvalue weighted by molar-refractivity contribution is -0.123. The Labute approximate surface area is 212 Å². The van der Waals surface area contributed by atoms with E-state index >= 15 is 0 Å². The van der Waals surface area contributed by atoms with Crippen LogP contribution in [0.4, 0.5) is 0 Å². The van der Waals surface area contributed by atoms with E-state index in [4.69, 9.17) is 9.47 Å². The largest absolute Gasteiger partial charge is 0.497 e. The lowest BCUT2D eigenvalue weighted by Gasteiger charge is -2.18. The van der Waals surface area contributed by atoms with Gasteiger partial charge in [-0.3, -0.25) is 14.4 Å². The molecule has 0 fully saturated rings. The number of nitrogens with zero attached hydrogens (tertiary/aromatic N) is 2. The molecule has 0 aliphatic heterocycles. The number of amides is 2. The molecule has 1 heterocycles. The highest BCUT2D eigenvalue weighted by atomic mass is 16.5. The summed E-state index contributed by atoms with van der Waals surface area (Å²) >= 11 is 0. The van der Waals surface area contributed by atoms with Gasteiger partial charge in [-0.15, -0.1) is 0 Å². The zero-order chi connectivity index (χ0) is 26.4. The zero-order valence-corrected chi connectivity index (χ0v) is 20.4. The van der Waals surface area contributed by atoms with Crippen LogP contribution >= 0.6 is 0 Å². The SMILES string of the molecule is COc1cc(OC)cc(C(C)=NNC(=O)C(NC(=O)c2ccccc2)c2n[nH]c(=O)c3ccccc23)c1. The van der Waals surface area contributed by atoms with Gasteiger partial charge in [-0.25, -0.2) is 10.5 Å². The first-order valence-corrected chi connectivity index (χ1v) is 11.3. The summed E-state index contributed by atoms with van der Waals surface area (Å²) in [4.78, 5) is 38.7. The van der Waals surface area contributed by atoms with Gasteiger partial charge in [0.25, 0.3) is 17.4 Å². The standard InChI is InChI=1S/C27H25N5O5/c1-16(18-13-19(36-2)15-20(14-18)37-3)29-32-27(35)24(28-25(33)17-9-5-4-6-10-17)23-21-11-7-8-12-22(21)26(34)31-30-23/h4-15,24H,1-3H3,(H,28,33)(H,31,34)(H,32,35). The minimum Gasteiger partial charge on any atom is -0.497 e. The maximum atomic E-state index is 13.4. The third-order valence-corrected chi connectivity index (χ3v) is 5.68. The van der Waals surface area contributed by atoms with Gasteiger partial charge in [-0.1, -0.05) is 36.4 Å². The third-order valence-electron chi connectivity index (χ3n) is 5.68. The zero-order valence-electron chi connectivity index (χ0n) is 20.4. The fraction of sp³-hybridized carbons (Fsp3) is 0.148. The van der Waals surface area contributed by atoms with Crippen molar-refractivity contribution >= 4 is 28.3 Å². The second-order valence-corrected chi connectivity index (χ2v) is 8.03. The van der Waals surface area contributed by atoms with E-state index in [9.17, 15) is 14.4 Å². The van der Waals surface area contributed by atoms with E-state index in [1.807, 2.05) is 0 Å². The van der Waals surface area contributed by atoms with E-state index in [0.717, 1.165) is 0 Å². The molecule has 1 aromatic heterocycles. The molecule has 0 saturated heterocycles. The van der Waals surface area contributed by atoms with Crippen molar-refractivity contribution in [3.8, 4) is 11.5 Å². The topological polar surface area (TPSA) is 135 Å². The van der Waals surface area contributed by atoms with Gasteiger partial charge in [0.05, 0.1) is 25.3 Å². The first-order chi connectivity index (χ1) is 17.9. The summed E-state index contributed by atoms with van der Waals surface area (Å²) in [7, 11) is 3.07. The summed E-state index contributed by atoms with van der Waals surface area (Å²) in [6.45, 7) is 1.71. The highest BCUT2D eigenvalue weighted by Crippen LogP contribution is 2.23. The van der Waals surface area contributed by atoms with E-state index < -0.39 is 23.4 Å². The van der Waals surface area contributed by atoms with E-state index in [1.54, 1.807) is 79.7 Å². The normalized spacial score (nSPS) is 12.0. The molecule has 0 bridgehead atoms. The molecule has 10 heteroatoms. The van der Waals surface area contributed by atoms with Crippen LogP contribution in [-0.4, -0.2) is 41.9 Å². The molecule has 3 aromatic carbocycles. The number of ether oxygens (including phenoxy) is 2. The Morgan fingerprint density at radius 3 is 2.16 bits per heavy atom. The van der Waals surface area contributed by atoms with Crippen LogP contribution in [0.5, 0.6) is 11.5 Å². The Morgan fingerprint density at radius 2 is 1.51 bits per heavy atom. The Balaban J connectivity index is 1.69. The van der Waals surface area contributed by atoms with Crippen molar-refractivity contribution in [1.82, 2.24) is 20.9 Å². The fourth-order valence-electron chi connectivity index (χ4n) is 3.70. The maximum Gasteiger partial charge on any atom is 0.272 e. The predicted molar refractivity (Wildman–Crippen MR) is 139 cm³/mol. The highest BCUT2D eigenvalue weighted by Gasteiger charge is 2.27. The summed E-state index contributed by atoms with van der Waals surface area (Å²) < 4.78 is 10.6. The molecule has 4 aromatic rings. The van der Waals surface area contributed by atoms with Gasteiger partial charge in [0.1, 0.15) is 17.2 Å². The van der Waals surface area contributed by atoms with Gasteiger partial charge in [0, 0.05) is 22.6 Å². The molecule has 0 aliphatic rings. The van der Waals surface area contributed by atoms with Gasteiger partial charge in [0.15, 0.2) is 6.04 Å². The summed E-state index contributed by atoms with van der Waals surface area (Å²) in [5.74, 6) is -0.0152. The monoisotopic (exact) mass is 499 g/mol. The predicted octanol–water partition coefficient (Wildman–Crippen LogP) is 2.95. The van der Waals surface area contributed by atoms with Crippen molar-refractivity contribution in [3.05, 3.63) is 100.0 Å². The van der Waals surface area contributed by atoms with Gasteiger partial charge in [0.2, 0.25) is 0 Å². The van der Waals surface area contributed by atoms with E-state index in [2.05, 4.69) is 26.0 Å². The van der Waals surface area contributed by atoms with Crippen molar-refractivity contribution in [1.29, 1.82) is 0 Å². The average molecular weight is 500 g/mol. The number of aromatic amines is 1. The summed E-state index contributed by atoms with van der Waals surface area (Å²) in [6, 6.07) is 19.1. The average Bonchev–Trinajstić information content (AvgIpc) is 2.95. The van der Waals surface area contributed by atoms with Gasteiger partial charge in [-0.2, -0.15) is 10.2 Å². The number of aromatic nitrogens is 2. The Morgan fingerprint density at radius 1 is 0.892 bits per heavy atom. The minimum absolute atomic E-state index is 0.174. The highest BCUT2D eigenvalue weighted by molar-refractivity contribution is 6.02. The minimum atomic E-state index is -1.26. The molecule has 2 amide bonds. The van der Waals surface area contributed by atoms with E-state index in [0.29, 0.717) is 39.1 Å². The Bertz CT molecular complexity index is 1510. The van der Waals surface area contributed by atoms with Crippen LogP contribution in [0, 0.1) is 0 Å². The van der Waals surface area contributed by atoms with E-state index in [-0.39, 0.29) is 5.69 Å². The third kappa shape index (κ3) is 5.64. The van der Waals surface area contributed by atoms with Crippen molar-refractivity contribution in [2.75, 3.05) is 14.2 Å². The van der Waals surface area contributed by atoms with Crippen LogP contribution in [0.15, 0.2) is 82.7 Å². The van der Waals surface area contributed by atoms with Crippen molar-refractivity contribution < 1.29 is 19.1 Å². The van der Waals surface area contributed by atoms with E-state index in [1.165, 1.54) is 14.2 Å². The fourth-order valence-corrected chi connectivity index (χ4v) is 3.70. The van der Waals surface area contributed by atoms with Crippen molar-refractivity contribution in [2.45, 2.75) is 13.0 Å². The van der Waals surface area contributed by atoms with Crippen LogP contribution < -0.4 is 25.8 Å². The Kier molecular flexibility index (Phi) is 7.58. The number of methoxy groups -OCH3 is 2. The van der Waals surface area contributed by atoms with Crippen LogP contribution in [-0.2, 0) is 4.79 Å². The van der Waals surface area contributed by atoms with Crippen LogP contribution in [0.2, 0.25) is 0 Å². The van der Waals surface area contributed by atoms with Crippen LogP contribution in [0.1, 0.15) is 34.6 Å². The molecule has 0 aliphatic carbocycles. The first kappa shape index (κ1) is 25.1. The number of benzene rings is 3. The van der Waals surface area contributed by atoms with Crippen molar-refractivity contribution in [2.24, 2.45) is 5.10 Å². The van der Waals surface area contributed by atoms with Crippen LogP contribution in [0.3, 0.4) is 0 Å². The lowest BCUT2D eigenvalue weighted by Crippen LogP contribution is -2.40. The quantitative estimate of drug-likeness (QED) is 0.252. The number of carbonyl (C=O) groups is 2. The molecule has 37 heavy (non-hydrogen) atoms. The number of hydrogen-bond donors (Lipinski definition) is 3. The molecule has 4 rings (SSSR count). The smallest absolute Gasteiger partial charge is 0.272 e. The second kappa shape index (κ2) is 11.2. The Hall–Kier alpha value is -4.99. The number of H-pyrrole nitrogens is 1. The number of carbonyl (C=O) groups excluding carboxylic acids is 2. The molecule has 3 N–H and O–H groups in total. The van der Waals surface area contributed by atoms with Crippen molar-refractivity contribution in [3.63, 3.8) is 0 Å². The summed E-state index contributed by atoms with van der Waals surface area (Å²) in [5.41, 5.74) is 3.77. The second-order valence-electron chi connectivity index (χ2n) is 8.03. The summed E-state index contributed by atoms with van der Waals surface area (Å²) in [5, 5.41) is 14.2. The molecule has 1 unspecified atom stereocenters. The molecular weight excluding hydrogens is 474 g/mol. The molecule has 1 atom stereocenters. The molecule has 188 valence electrons. The number of rotatable bonds is 8. The number of fused-ring (bicyclic) bond motifs is 1. The van der Waals surface area contributed by atoms with Gasteiger partial charge in [-0.05, 0) is 37.3 Å². The first-order valence-electron chi connectivity index (χ1n) is 11.3. The molecular formula is C27H25N5O5. The molecule has 0 radical (unpaired) electrons. The number of nitrogens with one attached hydrogen (secondary N) is 3. The molecule has 0 spiro atoms. The van der Waals surface area contributed by atoms with Gasteiger partial charge < -0.3 is 14.8 Å². The van der Waals surface area contributed by atoms with Crippen LogP contribution in [0.25, 0.3) is 10.8 Å². The lowest BCUT2D eigenvalue weighted by atomic mass is 10.0. The molecule has 0 saturated carbocycles. The van der Waals surface area contributed by atoms with Gasteiger partial charge >= 0.3 is 0 Å². The maximum absolute atomic E-state index is 13.4. The number of hydrogen-bond acceptors (Lipinski definition) is 7. The molecule has 10 nitrogen and oxygen atoms in total. The number of hydrazone groups is 1. The summed E-state index contributed by atoms with van der Waals surface area (Å²) in [6.07, 6.45) is 0.